The van der Waals surface area contributed by atoms with E-state index >= 15 is 0 Å². The van der Waals surface area contributed by atoms with Crippen molar-refractivity contribution in [1.82, 2.24) is 19.7 Å². The first-order valence-corrected chi connectivity index (χ1v) is 9.40. The lowest BCUT2D eigenvalue weighted by Gasteiger charge is -2.03. The van der Waals surface area contributed by atoms with Crippen LogP contribution in [0.3, 0.4) is 0 Å². The molecule has 8 heteroatoms. The molecule has 1 aromatic carbocycles. The zero-order valence-electron chi connectivity index (χ0n) is 12.5. The van der Waals surface area contributed by atoms with Crippen molar-refractivity contribution in [3.63, 3.8) is 0 Å². The molecule has 2 aromatic heterocycles. The lowest BCUT2D eigenvalue weighted by molar-refractivity contribution is 0.578. The number of sulfonamides is 1. The summed E-state index contributed by atoms with van der Waals surface area (Å²) in [7, 11) is -3.53. The average molecular weight is 348 g/mol. The van der Waals surface area contributed by atoms with E-state index in [9.17, 15) is 8.42 Å². The predicted molar refractivity (Wildman–Crippen MR) is 89.8 cm³/mol. The van der Waals surface area contributed by atoms with E-state index in [1.807, 2.05) is 24.4 Å². The van der Waals surface area contributed by atoms with Crippen molar-refractivity contribution in [2.24, 2.45) is 0 Å². The topological polar surface area (TPSA) is 87.7 Å². The van der Waals surface area contributed by atoms with E-state index in [4.69, 9.17) is 0 Å². The van der Waals surface area contributed by atoms with Gasteiger partial charge in [0.25, 0.3) is 10.0 Å². The molecule has 2 N–H and O–H groups in total. The largest absolute Gasteiger partial charge is 0.335 e. The first-order valence-electron chi connectivity index (χ1n) is 7.04. The second-order valence-corrected chi connectivity index (χ2v) is 7.67. The Kier molecular flexibility index (Phi) is 4.56. The number of hydrogen-bond acceptors (Lipinski definition) is 5. The van der Waals surface area contributed by atoms with Crippen LogP contribution in [-0.2, 0) is 16.4 Å². The Balaban J connectivity index is 1.61. The molecule has 0 spiro atoms. The third-order valence-corrected chi connectivity index (χ3v) is 5.61. The highest BCUT2D eigenvalue weighted by Gasteiger charge is 2.14. The molecule has 0 aliphatic carbocycles. The molecule has 120 valence electrons. The zero-order chi connectivity index (χ0) is 16.3. The SMILES string of the molecule is Cc1ccc(-c2nc(CCNS(=O)(=O)c3cnc[nH]3)cs2)cc1. The minimum Gasteiger partial charge on any atom is -0.335 e. The van der Waals surface area contributed by atoms with Crippen LogP contribution in [0.1, 0.15) is 11.3 Å². The fraction of sp³-hybridized carbons (Fsp3) is 0.200. The van der Waals surface area contributed by atoms with E-state index in [0.29, 0.717) is 13.0 Å². The summed E-state index contributed by atoms with van der Waals surface area (Å²) >= 11 is 1.56. The van der Waals surface area contributed by atoms with Gasteiger partial charge in [-0.3, -0.25) is 0 Å². The van der Waals surface area contributed by atoms with Crippen molar-refractivity contribution in [3.8, 4) is 10.6 Å². The van der Waals surface area contributed by atoms with E-state index in [1.165, 1.54) is 18.1 Å². The first-order chi connectivity index (χ1) is 11.0. The Morgan fingerprint density at radius 1 is 1.26 bits per heavy atom. The smallest absolute Gasteiger partial charge is 0.257 e. The summed E-state index contributed by atoms with van der Waals surface area (Å²) in [5.74, 6) is 0. The van der Waals surface area contributed by atoms with E-state index in [0.717, 1.165) is 16.3 Å². The fourth-order valence-corrected chi connectivity index (χ4v) is 3.83. The summed E-state index contributed by atoms with van der Waals surface area (Å²) in [6.07, 6.45) is 3.15. The number of nitrogens with one attached hydrogen (secondary N) is 2. The van der Waals surface area contributed by atoms with Gasteiger partial charge in [-0.05, 0) is 6.92 Å². The van der Waals surface area contributed by atoms with E-state index < -0.39 is 10.0 Å². The monoisotopic (exact) mass is 348 g/mol. The summed E-state index contributed by atoms with van der Waals surface area (Å²) in [5.41, 5.74) is 3.15. The highest BCUT2D eigenvalue weighted by molar-refractivity contribution is 7.89. The summed E-state index contributed by atoms with van der Waals surface area (Å²) in [4.78, 5) is 10.8. The average Bonchev–Trinajstić information content (AvgIpc) is 3.19. The molecule has 6 nitrogen and oxygen atoms in total. The van der Waals surface area contributed by atoms with Crippen LogP contribution in [0.15, 0.2) is 47.2 Å². The van der Waals surface area contributed by atoms with Crippen LogP contribution in [0.4, 0.5) is 0 Å². The Morgan fingerprint density at radius 2 is 2.04 bits per heavy atom. The van der Waals surface area contributed by atoms with Gasteiger partial charge in [0.2, 0.25) is 0 Å². The Bertz CT molecular complexity index is 869. The maximum Gasteiger partial charge on any atom is 0.257 e. The Morgan fingerprint density at radius 3 is 2.74 bits per heavy atom. The molecule has 23 heavy (non-hydrogen) atoms. The lowest BCUT2D eigenvalue weighted by Crippen LogP contribution is -2.26. The molecule has 0 saturated heterocycles. The molecule has 2 heterocycles. The van der Waals surface area contributed by atoms with Crippen molar-refractivity contribution >= 4 is 21.4 Å². The number of benzene rings is 1. The molecule has 0 aliphatic rings. The molecular weight excluding hydrogens is 332 g/mol. The molecule has 0 aliphatic heterocycles. The molecule has 0 radical (unpaired) electrons. The van der Waals surface area contributed by atoms with Crippen LogP contribution < -0.4 is 4.72 Å². The number of imidazole rings is 1. The second-order valence-electron chi connectivity index (χ2n) is 5.07. The number of aromatic nitrogens is 3. The number of aryl methyl sites for hydroxylation is 1. The van der Waals surface area contributed by atoms with Gasteiger partial charge in [-0.25, -0.2) is 23.1 Å². The van der Waals surface area contributed by atoms with Crippen LogP contribution in [0.2, 0.25) is 0 Å². The molecule has 3 rings (SSSR count). The van der Waals surface area contributed by atoms with E-state index in [1.54, 1.807) is 11.3 Å². The summed E-state index contributed by atoms with van der Waals surface area (Å²) in [5, 5.41) is 2.97. The first kappa shape index (κ1) is 15.9. The minimum absolute atomic E-state index is 0.0659. The number of thiazole rings is 1. The molecule has 0 saturated carbocycles. The third-order valence-electron chi connectivity index (χ3n) is 3.29. The highest BCUT2D eigenvalue weighted by atomic mass is 32.2. The van der Waals surface area contributed by atoms with Crippen molar-refractivity contribution in [2.45, 2.75) is 18.4 Å². The van der Waals surface area contributed by atoms with Gasteiger partial charge >= 0.3 is 0 Å². The Labute approximate surface area is 138 Å². The molecule has 0 atom stereocenters. The van der Waals surface area contributed by atoms with Gasteiger partial charge in [0, 0.05) is 23.9 Å². The van der Waals surface area contributed by atoms with Gasteiger partial charge in [-0.15, -0.1) is 11.3 Å². The highest BCUT2D eigenvalue weighted by Crippen LogP contribution is 2.24. The summed E-state index contributed by atoms with van der Waals surface area (Å²) in [6, 6.07) is 8.18. The van der Waals surface area contributed by atoms with Crippen LogP contribution in [0, 0.1) is 6.92 Å². The zero-order valence-corrected chi connectivity index (χ0v) is 14.1. The van der Waals surface area contributed by atoms with Crippen molar-refractivity contribution in [1.29, 1.82) is 0 Å². The number of aromatic amines is 1. The van der Waals surface area contributed by atoms with Crippen LogP contribution in [0.5, 0.6) is 0 Å². The molecule has 0 unspecified atom stereocenters. The number of rotatable bonds is 6. The third kappa shape index (κ3) is 3.84. The van der Waals surface area contributed by atoms with Gasteiger partial charge in [0.05, 0.1) is 18.2 Å². The van der Waals surface area contributed by atoms with Gasteiger partial charge in [0.15, 0.2) is 5.03 Å². The van der Waals surface area contributed by atoms with Crippen molar-refractivity contribution in [2.75, 3.05) is 6.54 Å². The Hall–Kier alpha value is -2.03. The molecular formula is C15H16N4O2S2. The van der Waals surface area contributed by atoms with Gasteiger partial charge in [-0.1, -0.05) is 29.8 Å². The maximum absolute atomic E-state index is 11.9. The quantitative estimate of drug-likeness (QED) is 0.716. The van der Waals surface area contributed by atoms with Crippen molar-refractivity contribution in [3.05, 3.63) is 53.4 Å². The molecule has 0 fully saturated rings. The maximum atomic E-state index is 11.9. The number of hydrogen-bond donors (Lipinski definition) is 2. The van der Waals surface area contributed by atoms with Crippen LogP contribution in [0.25, 0.3) is 10.6 Å². The number of nitrogens with zero attached hydrogens (tertiary/aromatic N) is 2. The summed E-state index contributed by atoms with van der Waals surface area (Å²) in [6.45, 7) is 2.33. The lowest BCUT2D eigenvalue weighted by atomic mass is 10.2. The van der Waals surface area contributed by atoms with E-state index in [-0.39, 0.29) is 5.03 Å². The van der Waals surface area contributed by atoms with Crippen LogP contribution >= 0.6 is 11.3 Å². The predicted octanol–water partition coefficient (Wildman–Crippen LogP) is 2.36. The van der Waals surface area contributed by atoms with Gasteiger partial charge in [-0.2, -0.15) is 0 Å². The van der Waals surface area contributed by atoms with Crippen LogP contribution in [-0.4, -0.2) is 29.9 Å². The molecule has 3 aromatic rings. The van der Waals surface area contributed by atoms with Gasteiger partial charge in [0.1, 0.15) is 5.01 Å². The van der Waals surface area contributed by atoms with E-state index in [2.05, 4.69) is 31.8 Å². The fourth-order valence-electron chi connectivity index (χ4n) is 2.03. The molecule has 0 amide bonds. The van der Waals surface area contributed by atoms with Gasteiger partial charge < -0.3 is 4.98 Å². The number of H-pyrrole nitrogens is 1. The molecule has 0 bridgehead atoms. The standard InChI is InChI=1S/C15H16N4O2S2/c1-11-2-4-12(5-3-11)15-19-13(9-22-15)6-7-18-23(20,21)14-8-16-10-17-14/h2-5,8-10,18H,6-7H2,1H3,(H,16,17). The van der Waals surface area contributed by atoms with Crippen molar-refractivity contribution < 1.29 is 8.42 Å². The summed E-state index contributed by atoms with van der Waals surface area (Å²) < 4.78 is 26.4. The normalized spacial score (nSPS) is 11.7. The second kappa shape index (κ2) is 6.61. The minimum atomic E-state index is -3.53.